The van der Waals surface area contributed by atoms with Crippen LogP contribution in [-0.4, -0.2) is 29.7 Å². The number of nitrogens with one attached hydrogen (secondary N) is 1. The minimum atomic E-state index is -4.99. The van der Waals surface area contributed by atoms with Gasteiger partial charge in [-0.3, -0.25) is 0 Å². The van der Waals surface area contributed by atoms with Crippen molar-refractivity contribution in [1.82, 2.24) is 15.3 Å². The van der Waals surface area contributed by atoms with Gasteiger partial charge in [0.05, 0.1) is 23.3 Å². The number of hydrogen-bond acceptors (Lipinski definition) is 4. The van der Waals surface area contributed by atoms with Crippen molar-refractivity contribution in [2.45, 2.75) is 32.1 Å². The maximum Gasteiger partial charge on any atom is 0.418 e. The van der Waals surface area contributed by atoms with E-state index in [0.717, 1.165) is 25.9 Å². The SMILES string of the molecule is Cc1nc2c(C(F)(F)F)cc(C(F)(F)F)cc2nc1OCC1CCNCC1. The molecule has 0 radical (unpaired) electrons. The molecule has 0 spiro atoms. The Morgan fingerprint density at radius 3 is 2.30 bits per heavy atom. The van der Waals surface area contributed by atoms with Crippen LogP contribution < -0.4 is 10.1 Å². The quantitative estimate of drug-likeness (QED) is 0.788. The molecule has 1 aromatic heterocycles. The van der Waals surface area contributed by atoms with Crippen LogP contribution in [0.15, 0.2) is 12.1 Å². The van der Waals surface area contributed by atoms with Crippen molar-refractivity contribution < 1.29 is 31.1 Å². The summed E-state index contributed by atoms with van der Waals surface area (Å²) in [6.07, 6.45) is -8.18. The van der Waals surface area contributed by atoms with Crippen molar-refractivity contribution in [2.75, 3.05) is 19.7 Å². The highest BCUT2D eigenvalue weighted by Gasteiger charge is 2.39. The molecule has 27 heavy (non-hydrogen) atoms. The number of piperidine rings is 1. The Morgan fingerprint density at radius 2 is 1.70 bits per heavy atom. The van der Waals surface area contributed by atoms with Gasteiger partial charge in [0.1, 0.15) is 11.2 Å². The van der Waals surface area contributed by atoms with Crippen LogP contribution >= 0.6 is 0 Å². The zero-order valence-electron chi connectivity index (χ0n) is 14.3. The van der Waals surface area contributed by atoms with Gasteiger partial charge in [-0.1, -0.05) is 0 Å². The molecule has 1 N–H and O–H groups in total. The monoisotopic (exact) mass is 393 g/mol. The summed E-state index contributed by atoms with van der Waals surface area (Å²) in [6.45, 7) is 3.37. The molecular formula is C17H17F6N3O. The lowest BCUT2D eigenvalue weighted by Gasteiger charge is -2.22. The van der Waals surface area contributed by atoms with Gasteiger partial charge in [0.25, 0.3) is 0 Å². The van der Waals surface area contributed by atoms with Gasteiger partial charge in [-0.15, -0.1) is 0 Å². The first-order chi connectivity index (χ1) is 12.6. The fourth-order valence-corrected chi connectivity index (χ4v) is 2.99. The van der Waals surface area contributed by atoms with E-state index in [4.69, 9.17) is 4.74 Å². The van der Waals surface area contributed by atoms with Gasteiger partial charge >= 0.3 is 12.4 Å². The van der Waals surface area contributed by atoms with E-state index in [1.165, 1.54) is 6.92 Å². The third-order valence-electron chi connectivity index (χ3n) is 4.45. The summed E-state index contributed by atoms with van der Waals surface area (Å²) < 4.78 is 84.3. The molecule has 2 heterocycles. The highest BCUT2D eigenvalue weighted by molar-refractivity contribution is 5.80. The van der Waals surface area contributed by atoms with Crippen LogP contribution in [-0.2, 0) is 12.4 Å². The summed E-state index contributed by atoms with van der Waals surface area (Å²) in [5.74, 6) is 0.198. The van der Waals surface area contributed by atoms with E-state index in [9.17, 15) is 26.3 Å². The van der Waals surface area contributed by atoms with E-state index < -0.39 is 34.5 Å². The predicted octanol–water partition coefficient (Wildman–Crippen LogP) is 4.35. The van der Waals surface area contributed by atoms with Gasteiger partial charge in [-0.2, -0.15) is 26.3 Å². The van der Waals surface area contributed by atoms with Crippen molar-refractivity contribution in [2.24, 2.45) is 5.92 Å². The molecule has 1 aliphatic heterocycles. The van der Waals surface area contributed by atoms with Crippen molar-refractivity contribution in [1.29, 1.82) is 0 Å². The Kier molecular flexibility index (Phi) is 5.20. The molecule has 148 valence electrons. The second kappa shape index (κ2) is 7.14. The minimum absolute atomic E-state index is 0.0477. The maximum atomic E-state index is 13.2. The second-order valence-corrected chi connectivity index (χ2v) is 6.51. The van der Waals surface area contributed by atoms with E-state index in [2.05, 4.69) is 15.3 Å². The lowest BCUT2D eigenvalue weighted by atomic mass is 9.99. The molecule has 0 atom stereocenters. The molecule has 2 aromatic rings. The van der Waals surface area contributed by atoms with Gasteiger partial charge in [0.15, 0.2) is 0 Å². The maximum absolute atomic E-state index is 13.2. The molecule has 1 fully saturated rings. The van der Waals surface area contributed by atoms with Crippen molar-refractivity contribution in [3.63, 3.8) is 0 Å². The number of hydrogen-bond donors (Lipinski definition) is 1. The summed E-state index contributed by atoms with van der Waals surface area (Å²) >= 11 is 0. The molecule has 1 saturated heterocycles. The number of aromatic nitrogens is 2. The highest BCUT2D eigenvalue weighted by Crippen LogP contribution is 2.39. The smallest absolute Gasteiger partial charge is 0.418 e. The average Bonchev–Trinajstić information content (AvgIpc) is 2.58. The number of benzene rings is 1. The van der Waals surface area contributed by atoms with Gasteiger partial charge in [-0.25, -0.2) is 9.97 Å². The molecule has 0 amide bonds. The molecule has 10 heteroatoms. The van der Waals surface area contributed by atoms with Gasteiger partial charge in [0.2, 0.25) is 5.88 Å². The lowest BCUT2D eigenvalue weighted by molar-refractivity contribution is -0.142. The number of alkyl halides is 6. The van der Waals surface area contributed by atoms with Crippen molar-refractivity contribution in [3.8, 4) is 5.88 Å². The Hall–Kier alpha value is -2.10. The first kappa shape index (κ1) is 19.7. The fraction of sp³-hybridized carbons (Fsp3) is 0.529. The molecule has 0 bridgehead atoms. The van der Waals surface area contributed by atoms with Crippen LogP contribution in [0.5, 0.6) is 5.88 Å². The largest absolute Gasteiger partial charge is 0.476 e. The fourth-order valence-electron chi connectivity index (χ4n) is 2.99. The van der Waals surface area contributed by atoms with Crippen LogP contribution in [0.1, 0.15) is 29.7 Å². The summed E-state index contributed by atoms with van der Waals surface area (Å²) in [4.78, 5) is 7.75. The number of rotatable bonds is 3. The third kappa shape index (κ3) is 4.42. The zero-order chi connectivity index (χ0) is 19.8. The standard InChI is InChI=1S/C17H17F6N3O/c1-9-15(27-8-10-2-4-24-5-3-10)26-13-7-11(16(18,19)20)6-12(14(13)25-9)17(21,22)23/h6-7,10,24H,2-5,8H2,1H3. The first-order valence-corrected chi connectivity index (χ1v) is 8.36. The minimum Gasteiger partial charge on any atom is -0.476 e. The predicted molar refractivity (Wildman–Crippen MR) is 85.4 cm³/mol. The molecule has 4 nitrogen and oxygen atoms in total. The summed E-state index contributed by atoms with van der Waals surface area (Å²) in [7, 11) is 0. The topological polar surface area (TPSA) is 47.0 Å². The highest BCUT2D eigenvalue weighted by atomic mass is 19.4. The number of fused-ring (bicyclic) bond motifs is 1. The van der Waals surface area contributed by atoms with Crippen LogP contribution in [0.3, 0.4) is 0 Å². The van der Waals surface area contributed by atoms with Gasteiger partial charge in [-0.05, 0) is 50.9 Å². The molecular weight excluding hydrogens is 376 g/mol. The Morgan fingerprint density at radius 1 is 1.04 bits per heavy atom. The first-order valence-electron chi connectivity index (χ1n) is 8.36. The summed E-state index contributed by atoms with van der Waals surface area (Å²) in [6, 6.07) is 0.625. The van der Waals surface area contributed by atoms with Crippen LogP contribution in [0.4, 0.5) is 26.3 Å². The van der Waals surface area contributed by atoms with E-state index in [1.807, 2.05) is 0 Å². The molecule has 3 rings (SSSR count). The average molecular weight is 393 g/mol. The van der Waals surface area contributed by atoms with E-state index in [1.54, 1.807) is 0 Å². The lowest BCUT2D eigenvalue weighted by Crippen LogP contribution is -2.30. The number of nitrogens with zero attached hydrogens (tertiary/aromatic N) is 2. The van der Waals surface area contributed by atoms with Crippen LogP contribution in [0.25, 0.3) is 11.0 Å². The van der Waals surface area contributed by atoms with Crippen molar-refractivity contribution in [3.05, 3.63) is 29.0 Å². The van der Waals surface area contributed by atoms with Crippen LogP contribution in [0, 0.1) is 12.8 Å². The van der Waals surface area contributed by atoms with Crippen molar-refractivity contribution >= 4 is 11.0 Å². The Balaban J connectivity index is 2.01. The summed E-state index contributed by atoms with van der Waals surface area (Å²) in [5, 5.41) is 3.19. The van der Waals surface area contributed by atoms with Gasteiger partial charge in [0, 0.05) is 0 Å². The molecule has 1 aliphatic rings. The molecule has 0 aliphatic carbocycles. The molecule has 0 unspecified atom stereocenters. The number of ether oxygens (including phenoxy) is 1. The molecule has 1 aromatic carbocycles. The second-order valence-electron chi connectivity index (χ2n) is 6.51. The number of halogens is 6. The normalized spacial score (nSPS) is 16.7. The van der Waals surface area contributed by atoms with Gasteiger partial charge < -0.3 is 10.1 Å². The third-order valence-corrected chi connectivity index (χ3v) is 4.45. The van der Waals surface area contributed by atoms with E-state index in [0.29, 0.717) is 6.07 Å². The zero-order valence-corrected chi connectivity index (χ0v) is 14.3. The number of aryl methyl sites for hydroxylation is 1. The van der Waals surface area contributed by atoms with E-state index in [-0.39, 0.29) is 30.2 Å². The Bertz CT molecular complexity index is 828. The van der Waals surface area contributed by atoms with Crippen LogP contribution in [0.2, 0.25) is 0 Å². The summed E-state index contributed by atoms with van der Waals surface area (Å²) in [5.41, 5.74) is -3.91. The Labute approximate surface area is 150 Å². The molecule has 0 saturated carbocycles. The van der Waals surface area contributed by atoms with E-state index >= 15 is 0 Å².